The predicted molar refractivity (Wildman–Crippen MR) is 48.2 cm³/mol. The van der Waals surface area contributed by atoms with Gasteiger partial charge in [-0.3, -0.25) is 4.79 Å². The molecular formula is C9H17NO3. The summed E-state index contributed by atoms with van der Waals surface area (Å²) in [6, 6.07) is 0. The maximum atomic E-state index is 11.3. The highest BCUT2D eigenvalue weighted by atomic mass is 16.5. The molecule has 1 aliphatic heterocycles. The van der Waals surface area contributed by atoms with Crippen LogP contribution in [0.1, 0.15) is 19.8 Å². The molecule has 1 heterocycles. The quantitative estimate of drug-likeness (QED) is 0.646. The Bertz CT molecular complexity index is 172. The summed E-state index contributed by atoms with van der Waals surface area (Å²) in [6.07, 6.45) is 1.49. The maximum Gasteiger partial charge on any atom is 0.309 e. The summed E-state index contributed by atoms with van der Waals surface area (Å²) in [6.45, 7) is 3.36. The summed E-state index contributed by atoms with van der Waals surface area (Å²) in [5.74, 6) is -0.119. The largest absolute Gasteiger partial charge is 0.466 e. The second-order valence-corrected chi connectivity index (χ2v) is 3.20. The normalized spacial score (nSPS) is 28.5. The lowest BCUT2D eigenvalue weighted by Crippen LogP contribution is -2.35. The third kappa shape index (κ3) is 2.97. The zero-order chi connectivity index (χ0) is 9.68. The Morgan fingerprint density at radius 3 is 3.08 bits per heavy atom. The monoisotopic (exact) mass is 187 g/mol. The molecule has 1 fully saturated rings. The van der Waals surface area contributed by atoms with Crippen LogP contribution in [0.25, 0.3) is 0 Å². The van der Waals surface area contributed by atoms with Gasteiger partial charge in [-0.25, -0.2) is 0 Å². The smallest absolute Gasteiger partial charge is 0.309 e. The first-order chi connectivity index (χ1) is 6.27. The third-order valence-electron chi connectivity index (χ3n) is 2.25. The average molecular weight is 187 g/mol. The Balaban J connectivity index is 2.37. The van der Waals surface area contributed by atoms with Crippen LogP contribution in [-0.2, 0) is 14.3 Å². The molecule has 76 valence electrons. The van der Waals surface area contributed by atoms with Crippen LogP contribution in [0.2, 0.25) is 0 Å². The average Bonchev–Trinajstić information content (AvgIpc) is 2.18. The van der Waals surface area contributed by atoms with Gasteiger partial charge >= 0.3 is 5.97 Å². The van der Waals surface area contributed by atoms with Crippen molar-refractivity contribution in [3.63, 3.8) is 0 Å². The van der Waals surface area contributed by atoms with E-state index in [9.17, 15) is 4.79 Å². The molecule has 0 bridgehead atoms. The highest BCUT2D eigenvalue weighted by Crippen LogP contribution is 2.20. The van der Waals surface area contributed by atoms with Crippen molar-refractivity contribution in [1.29, 1.82) is 0 Å². The molecule has 1 rings (SSSR count). The summed E-state index contributed by atoms with van der Waals surface area (Å²) < 4.78 is 10.3. The number of nitrogens with two attached hydrogens (primary N) is 1. The Morgan fingerprint density at radius 2 is 2.46 bits per heavy atom. The number of hydrogen-bond acceptors (Lipinski definition) is 4. The van der Waals surface area contributed by atoms with Crippen LogP contribution in [0, 0.1) is 5.92 Å². The third-order valence-corrected chi connectivity index (χ3v) is 2.25. The van der Waals surface area contributed by atoms with Gasteiger partial charge in [-0.1, -0.05) is 0 Å². The van der Waals surface area contributed by atoms with E-state index in [0.29, 0.717) is 26.2 Å². The molecule has 0 radical (unpaired) electrons. The first-order valence-electron chi connectivity index (χ1n) is 4.76. The van der Waals surface area contributed by atoms with E-state index in [2.05, 4.69) is 0 Å². The summed E-state index contributed by atoms with van der Waals surface area (Å²) >= 11 is 0. The zero-order valence-corrected chi connectivity index (χ0v) is 7.99. The summed E-state index contributed by atoms with van der Waals surface area (Å²) in [7, 11) is 0. The van der Waals surface area contributed by atoms with E-state index in [4.69, 9.17) is 15.2 Å². The molecule has 1 aliphatic rings. The molecule has 4 nitrogen and oxygen atoms in total. The number of carbonyl (C=O) groups excluding carboxylic acids is 1. The molecule has 2 N–H and O–H groups in total. The van der Waals surface area contributed by atoms with Crippen molar-refractivity contribution in [2.75, 3.05) is 19.8 Å². The van der Waals surface area contributed by atoms with Crippen molar-refractivity contribution < 1.29 is 14.3 Å². The Morgan fingerprint density at radius 1 is 1.69 bits per heavy atom. The van der Waals surface area contributed by atoms with Crippen molar-refractivity contribution in [2.24, 2.45) is 11.7 Å². The summed E-state index contributed by atoms with van der Waals surface area (Å²) in [4.78, 5) is 11.3. The summed E-state index contributed by atoms with van der Waals surface area (Å²) in [5.41, 5.74) is 5.46. The molecule has 0 spiro atoms. The van der Waals surface area contributed by atoms with Crippen LogP contribution < -0.4 is 5.73 Å². The molecule has 0 aliphatic carbocycles. The van der Waals surface area contributed by atoms with E-state index >= 15 is 0 Å². The van der Waals surface area contributed by atoms with Crippen molar-refractivity contribution in [2.45, 2.75) is 25.9 Å². The van der Waals surface area contributed by atoms with E-state index in [0.717, 1.165) is 6.42 Å². The molecule has 0 saturated carbocycles. The lowest BCUT2D eigenvalue weighted by Gasteiger charge is -2.27. The molecule has 0 aromatic rings. The number of rotatable bonds is 3. The highest BCUT2D eigenvalue weighted by Gasteiger charge is 2.27. The minimum absolute atomic E-state index is 0.0118. The first kappa shape index (κ1) is 10.5. The maximum absolute atomic E-state index is 11.3. The topological polar surface area (TPSA) is 61.5 Å². The number of esters is 1. The molecule has 0 aromatic heterocycles. The molecule has 0 unspecified atom stereocenters. The van der Waals surface area contributed by atoms with Crippen molar-refractivity contribution in [3.8, 4) is 0 Å². The SMILES string of the molecule is CCOC(=O)[C@@H]1CCO[C@H](CN)C1. The van der Waals surface area contributed by atoms with Gasteiger partial charge in [0.15, 0.2) is 0 Å². The van der Waals surface area contributed by atoms with Gasteiger partial charge in [-0.15, -0.1) is 0 Å². The highest BCUT2D eigenvalue weighted by molar-refractivity contribution is 5.72. The van der Waals surface area contributed by atoms with Gasteiger partial charge in [-0.05, 0) is 19.8 Å². The fourth-order valence-corrected chi connectivity index (χ4v) is 1.52. The van der Waals surface area contributed by atoms with Crippen LogP contribution >= 0.6 is 0 Å². The van der Waals surface area contributed by atoms with Crippen LogP contribution in [0.3, 0.4) is 0 Å². The van der Waals surface area contributed by atoms with E-state index in [1.165, 1.54) is 0 Å². The number of carbonyl (C=O) groups is 1. The Kier molecular flexibility index (Phi) is 4.18. The lowest BCUT2D eigenvalue weighted by molar-refractivity contribution is -0.153. The van der Waals surface area contributed by atoms with Crippen LogP contribution in [-0.4, -0.2) is 31.8 Å². The van der Waals surface area contributed by atoms with Crippen molar-refractivity contribution >= 4 is 5.97 Å². The first-order valence-corrected chi connectivity index (χ1v) is 4.76. The molecule has 1 saturated heterocycles. The standard InChI is InChI=1S/C9H17NO3/c1-2-12-9(11)7-3-4-13-8(5-7)6-10/h7-8H,2-6,10H2,1H3/t7-,8+/m1/s1. The fraction of sp³-hybridized carbons (Fsp3) is 0.889. The Labute approximate surface area is 78.4 Å². The van der Waals surface area contributed by atoms with Crippen LogP contribution in [0.4, 0.5) is 0 Å². The minimum Gasteiger partial charge on any atom is -0.466 e. The van der Waals surface area contributed by atoms with Gasteiger partial charge in [0.25, 0.3) is 0 Å². The molecule has 4 heteroatoms. The van der Waals surface area contributed by atoms with Gasteiger partial charge in [0.1, 0.15) is 0 Å². The van der Waals surface area contributed by atoms with Crippen molar-refractivity contribution in [3.05, 3.63) is 0 Å². The Hall–Kier alpha value is -0.610. The van der Waals surface area contributed by atoms with Gasteiger partial charge < -0.3 is 15.2 Å². The minimum atomic E-state index is -0.107. The van der Waals surface area contributed by atoms with Gasteiger partial charge in [-0.2, -0.15) is 0 Å². The van der Waals surface area contributed by atoms with Gasteiger partial charge in [0.2, 0.25) is 0 Å². The van der Waals surface area contributed by atoms with Crippen molar-refractivity contribution in [1.82, 2.24) is 0 Å². The zero-order valence-electron chi connectivity index (χ0n) is 7.99. The van der Waals surface area contributed by atoms with E-state index in [-0.39, 0.29) is 18.0 Å². The fourth-order valence-electron chi connectivity index (χ4n) is 1.52. The molecule has 0 aromatic carbocycles. The molecule has 2 atom stereocenters. The predicted octanol–water partition coefficient (Wildman–Crippen LogP) is 0.303. The van der Waals surface area contributed by atoms with E-state index < -0.39 is 0 Å². The second-order valence-electron chi connectivity index (χ2n) is 3.20. The molecule has 13 heavy (non-hydrogen) atoms. The number of hydrogen-bond donors (Lipinski definition) is 1. The van der Waals surface area contributed by atoms with Gasteiger partial charge in [0.05, 0.1) is 18.6 Å². The van der Waals surface area contributed by atoms with E-state index in [1.54, 1.807) is 0 Å². The van der Waals surface area contributed by atoms with E-state index in [1.807, 2.05) is 6.92 Å². The lowest BCUT2D eigenvalue weighted by atomic mass is 9.96. The number of ether oxygens (including phenoxy) is 2. The van der Waals surface area contributed by atoms with Crippen LogP contribution in [0.15, 0.2) is 0 Å². The molecular weight excluding hydrogens is 170 g/mol. The molecule has 0 amide bonds. The van der Waals surface area contributed by atoms with Crippen LogP contribution in [0.5, 0.6) is 0 Å². The summed E-state index contributed by atoms with van der Waals surface area (Å²) in [5, 5.41) is 0. The van der Waals surface area contributed by atoms with Gasteiger partial charge in [0, 0.05) is 13.2 Å². The second kappa shape index (κ2) is 5.19.